The molecule has 0 radical (unpaired) electrons. The summed E-state index contributed by atoms with van der Waals surface area (Å²) in [6, 6.07) is 16.0. The average Bonchev–Trinajstić information content (AvgIpc) is 2.73. The van der Waals surface area contributed by atoms with Gasteiger partial charge in [-0.15, -0.1) is 0 Å². The van der Waals surface area contributed by atoms with Gasteiger partial charge >= 0.3 is 6.09 Å². The largest absolute Gasteiger partial charge is 0.493 e. The van der Waals surface area contributed by atoms with Crippen molar-refractivity contribution in [3.05, 3.63) is 48.0 Å². The molecule has 0 saturated carbocycles. The van der Waals surface area contributed by atoms with Crippen LogP contribution in [0.5, 0.6) is 5.75 Å². The minimum atomic E-state index is -0.888. The van der Waals surface area contributed by atoms with Crippen molar-refractivity contribution in [2.45, 2.75) is 26.3 Å². The maximum atomic E-state index is 11.3. The van der Waals surface area contributed by atoms with E-state index in [9.17, 15) is 15.2 Å². The lowest BCUT2D eigenvalue weighted by Gasteiger charge is -2.41. The minimum absolute atomic E-state index is 0.0542. The molecule has 1 N–H and O–H groups in total. The first kappa shape index (κ1) is 19.6. The number of amides is 1. The van der Waals surface area contributed by atoms with E-state index >= 15 is 0 Å². The molecule has 0 bridgehead atoms. The molecule has 1 heterocycles. The van der Waals surface area contributed by atoms with Crippen LogP contribution in [0, 0.1) is 11.3 Å². The number of carboxylic acid groups (broad SMARTS) is 1. The number of ether oxygens (including phenoxy) is 1. The first-order valence-corrected chi connectivity index (χ1v) is 9.59. The molecule has 0 spiro atoms. The third-order valence-corrected chi connectivity index (χ3v) is 5.15. The number of carbonyl (C=O) groups is 1. The summed E-state index contributed by atoms with van der Waals surface area (Å²) in [5.74, 6) is 0.795. The van der Waals surface area contributed by atoms with Crippen LogP contribution in [0.4, 0.5) is 10.5 Å². The van der Waals surface area contributed by atoms with Crippen molar-refractivity contribution in [2.75, 3.05) is 31.1 Å². The van der Waals surface area contributed by atoms with Crippen LogP contribution < -0.4 is 9.64 Å². The van der Waals surface area contributed by atoms with Crippen molar-refractivity contribution in [3.63, 3.8) is 0 Å². The first-order chi connectivity index (χ1) is 13.6. The Hall–Kier alpha value is -3.20. The summed E-state index contributed by atoms with van der Waals surface area (Å²) in [4.78, 5) is 14.9. The molecule has 6 heteroatoms. The number of piperazine rings is 1. The second kappa shape index (κ2) is 8.66. The van der Waals surface area contributed by atoms with E-state index in [1.807, 2.05) is 56.3 Å². The summed E-state index contributed by atoms with van der Waals surface area (Å²) < 4.78 is 5.73. The quantitative estimate of drug-likeness (QED) is 0.842. The normalized spacial score (nSPS) is 16.5. The average molecular weight is 379 g/mol. The third kappa shape index (κ3) is 3.89. The summed E-state index contributed by atoms with van der Waals surface area (Å²) in [7, 11) is 0. The number of para-hydroxylation sites is 1. The molecule has 1 atom stereocenters. The maximum absolute atomic E-state index is 11.3. The van der Waals surface area contributed by atoms with Crippen LogP contribution in [0.25, 0.3) is 11.1 Å². The summed E-state index contributed by atoms with van der Waals surface area (Å²) in [5, 5.41) is 19.1. The van der Waals surface area contributed by atoms with Gasteiger partial charge in [0.25, 0.3) is 0 Å². The zero-order valence-electron chi connectivity index (χ0n) is 16.3. The molecule has 1 saturated heterocycles. The number of hydrogen-bond acceptors (Lipinski definition) is 4. The third-order valence-electron chi connectivity index (χ3n) is 5.15. The molecule has 0 aromatic heterocycles. The number of rotatable bonds is 5. The molecule has 2 aromatic carbocycles. The molecule has 1 aliphatic heterocycles. The Balaban J connectivity index is 1.95. The highest BCUT2D eigenvalue weighted by Crippen LogP contribution is 2.34. The first-order valence-electron chi connectivity index (χ1n) is 9.59. The van der Waals surface area contributed by atoms with Crippen LogP contribution in [-0.2, 0) is 0 Å². The van der Waals surface area contributed by atoms with Crippen molar-refractivity contribution in [3.8, 4) is 22.9 Å². The fourth-order valence-electron chi connectivity index (χ4n) is 3.73. The van der Waals surface area contributed by atoms with Crippen LogP contribution in [0.2, 0.25) is 0 Å². The second-order valence-corrected chi connectivity index (χ2v) is 6.76. The smallest absolute Gasteiger partial charge is 0.407 e. The summed E-state index contributed by atoms with van der Waals surface area (Å²) in [6.07, 6.45) is -0.0784. The molecule has 1 fully saturated rings. The van der Waals surface area contributed by atoms with Gasteiger partial charge in [-0.3, -0.25) is 0 Å². The monoisotopic (exact) mass is 379 g/mol. The van der Waals surface area contributed by atoms with Gasteiger partial charge in [0.15, 0.2) is 0 Å². The molecule has 2 aromatic rings. The molecular weight excluding hydrogens is 354 g/mol. The highest BCUT2D eigenvalue weighted by atomic mass is 16.5. The minimum Gasteiger partial charge on any atom is -0.493 e. The zero-order valence-corrected chi connectivity index (χ0v) is 16.3. The van der Waals surface area contributed by atoms with Gasteiger partial charge < -0.3 is 19.6 Å². The van der Waals surface area contributed by atoms with Crippen LogP contribution in [0.3, 0.4) is 0 Å². The van der Waals surface area contributed by atoms with E-state index < -0.39 is 6.09 Å². The lowest BCUT2D eigenvalue weighted by atomic mass is 9.99. The predicted molar refractivity (Wildman–Crippen MR) is 109 cm³/mol. The number of nitriles is 1. The molecule has 1 unspecified atom stereocenters. The Labute approximate surface area is 165 Å². The molecule has 28 heavy (non-hydrogen) atoms. The molecule has 3 rings (SSSR count). The standard InChI is InChI=1S/C22H25N3O3/c1-3-18-15-24(22(26)27)11-12-25(18)20-10-9-16(13-17(20)14-23)19-7-5-6-8-21(19)28-4-2/h5-10,13,18H,3-4,11-12,15H2,1-2H3,(H,26,27). The lowest BCUT2D eigenvalue weighted by Crippen LogP contribution is -2.54. The fraction of sp³-hybridized carbons (Fsp3) is 0.364. The van der Waals surface area contributed by atoms with Crippen molar-refractivity contribution in [1.29, 1.82) is 5.26 Å². The fourth-order valence-corrected chi connectivity index (χ4v) is 3.73. The van der Waals surface area contributed by atoms with Gasteiger partial charge in [0.1, 0.15) is 11.8 Å². The number of nitrogens with zero attached hydrogens (tertiary/aromatic N) is 3. The molecule has 1 amide bonds. The highest BCUT2D eigenvalue weighted by Gasteiger charge is 2.29. The van der Waals surface area contributed by atoms with Crippen molar-refractivity contribution >= 4 is 11.8 Å². The van der Waals surface area contributed by atoms with E-state index in [2.05, 4.69) is 11.0 Å². The maximum Gasteiger partial charge on any atom is 0.407 e. The molecule has 0 aliphatic carbocycles. The lowest BCUT2D eigenvalue weighted by molar-refractivity contribution is 0.134. The topological polar surface area (TPSA) is 76.8 Å². The number of anilines is 1. The van der Waals surface area contributed by atoms with Gasteiger partial charge in [-0.25, -0.2) is 4.79 Å². The van der Waals surface area contributed by atoms with Gasteiger partial charge in [-0.05, 0) is 37.1 Å². The van der Waals surface area contributed by atoms with Crippen LogP contribution in [-0.4, -0.2) is 48.4 Å². The Bertz CT molecular complexity index is 891. The Morgan fingerprint density at radius 1 is 1.25 bits per heavy atom. The van der Waals surface area contributed by atoms with E-state index in [0.717, 1.165) is 29.0 Å². The van der Waals surface area contributed by atoms with Gasteiger partial charge in [-0.2, -0.15) is 5.26 Å². The second-order valence-electron chi connectivity index (χ2n) is 6.76. The molecule has 1 aliphatic rings. The Kier molecular flexibility index (Phi) is 6.05. The van der Waals surface area contributed by atoms with Crippen LogP contribution in [0.1, 0.15) is 25.8 Å². The van der Waals surface area contributed by atoms with Crippen molar-refractivity contribution in [2.24, 2.45) is 0 Å². The van der Waals surface area contributed by atoms with Crippen LogP contribution in [0.15, 0.2) is 42.5 Å². The van der Waals surface area contributed by atoms with E-state index in [1.165, 1.54) is 4.90 Å². The highest BCUT2D eigenvalue weighted by molar-refractivity contribution is 5.76. The molecular formula is C22H25N3O3. The van der Waals surface area contributed by atoms with Crippen molar-refractivity contribution in [1.82, 2.24) is 4.90 Å². The van der Waals surface area contributed by atoms with Crippen LogP contribution >= 0.6 is 0 Å². The Morgan fingerprint density at radius 3 is 2.71 bits per heavy atom. The number of benzene rings is 2. The van der Waals surface area contributed by atoms with E-state index in [-0.39, 0.29) is 6.04 Å². The zero-order chi connectivity index (χ0) is 20.1. The Morgan fingerprint density at radius 2 is 2.04 bits per heavy atom. The summed E-state index contributed by atoms with van der Waals surface area (Å²) in [6.45, 7) is 6.03. The summed E-state index contributed by atoms with van der Waals surface area (Å²) >= 11 is 0. The van der Waals surface area contributed by atoms with Crippen molar-refractivity contribution < 1.29 is 14.6 Å². The van der Waals surface area contributed by atoms with Gasteiger partial charge in [0.2, 0.25) is 0 Å². The van der Waals surface area contributed by atoms with E-state index in [4.69, 9.17) is 4.74 Å². The van der Waals surface area contributed by atoms with E-state index in [0.29, 0.717) is 31.8 Å². The van der Waals surface area contributed by atoms with Gasteiger partial charge in [-0.1, -0.05) is 31.2 Å². The molecule has 6 nitrogen and oxygen atoms in total. The number of hydrogen-bond donors (Lipinski definition) is 1. The predicted octanol–water partition coefficient (Wildman–Crippen LogP) is 4.20. The SMILES string of the molecule is CCOc1ccccc1-c1ccc(N2CCN(C(=O)O)CC2CC)c(C#N)c1. The van der Waals surface area contributed by atoms with Gasteiger partial charge in [0.05, 0.1) is 17.9 Å². The summed E-state index contributed by atoms with van der Waals surface area (Å²) in [5.41, 5.74) is 3.33. The molecule has 146 valence electrons. The van der Waals surface area contributed by atoms with E-state index in [1.54, 1.807) is 0 Å². The van der Waals surface area contributed by atoms with Gasteiger partial charge in [0, 0.05) is 31.2 Å².